The standard InChI is InChI=1S/C13H20N2O4/c16-8-5-10(12(18)19)15(7-8)11(17)9-6-13(9)1-3-14-4-2-13/h8-10,14,16H,1-7H2,(H,18,19)/t8-,9?,10-/m1/s1. The van der Waals surface area contributed by atoms with Crippen molar-refractivity contribution in [2.24, 2.45) is 11.3 Å². The highest BCUT2D eigenvalue weighted by Crippen LogP contribution is 2.59. The summed E-state index contributed by atoms with van der Waals surface area (Å²) in [5.41, 5.74) is 0.110. The molecule has 19 heavy (non-hydrogen) atoms. The van der Waals surface area contributed by atoms with Crippen LogP contribution in [0.5, 0.6) is 0 Å². The first-order valence-corrected chi connectivity index (χ1v) is 6.95. The predicted molar refractivity (Wildman–Crippen MR) is 66.4 cm³/mol. The molecule has 1 amide bonds. The SMILES string of the molecule is O=C(O)[C@H]1C[C@@H](O)CN1C(=O)C1CC12CCNCC2. The van der Waals surface area contributed by atoms with E-state index in [1.54, 1.807) is 0 Å². The number of aliphatic hydroxyl groups is 1. The Balaban J connectivity index is 1.69. The number of hydrogen-bond acceptors (Lipinski definition) is 4. The van der Waals surface area contributed by atoms with Crippen molar-refractivity contribution < 1.29 is 19.8 Å². The van der Waals surface area contributed by atoms with Gasteiger partial charge in [-0.15, -0.1) is 0 Å². The number of carbonyl (C=O) groups excluding carboxylic acids is 1. The van der Waals surface area contributed by atoms with Crippen LogP contribution in [-0.4, -0.2) is 58.8 Å². The lowest BCUT2D eigenvalue weighted by molar-refractivity contribution is -0.149. The van der Waals surface area contributed by atoms with Gasteiger partial charge in [-0.2, -0.15) is 0 Å². The molecule has 0 bridgehead atoms. The minimum Gasteiger partial charge on any atom is -0.480 e. The van der Waals surface area contributed by atoms with Crippen LogP contribution in [0, 0.1) is 11.3 Å². The van der Waals surface area contributed by atoms with Crippen molar-refractivity contribution in [2.45, 2.75) is 37.8 Å². The fourth-order valence-corrected chi connectivity index (χ4v) is 3.67. The van der Waals surface area contributed by atoms with Crippen molar-refractivity contribution in [3.8, 4) is 0 Å². The van der Waals surface area contributed by atoms with Crippen LogP contribution in [0.25, 0.3) is 0 Å². The third-order valence-corrected chi connectivity index (χ3v) is 4.93. The number of aliphatic carboxylic acids is 1. The van der Waals surface area contributed by atoms with Crippen molar-refractivity contribution >= 4 is 11.9 Å². The van der Waals surface area contributed by atoms with Gasteiger partial charge in [0.1, 0.15) is 6.04 Å². The van der Waals surface area contributed by atoms with Gasteiger partial charge in [0, 0.05) is 18.9 Å². The molecule has 2 heterocycles. The van der Waals surface area contributed by atoms with E-state index in [1.165, 1.54) is 4.90 Å². The second-order valence-electron chi connectivity index (χ2n) is 6.10. The van der Waals surface area contributed by atoms with E-state index in [0.717, 1.165) is 32.4 Å². The number of hydrogen-bond donors (Lipinski definition) is 3. The Morgan fingerprint density at radius 3 is 2.58 bits per heavy atom. The zero-order chi connectivity index (χ0) is 13.6. The third-order valence-electron chi connectivity index (χ3n) is 4.93. The average Bonchev–Trinajstić information content (AvgIpc) is 2.90. The number of piperidine rings is 1. The highest BCUT2D eigenvalue weighted by Gasteiger charge is 2.60. The molecule has 3 atom stereocenters. The zero-order valence-corrected chi connectivity index (χ0v) is 10.8. The van der Waals surface area contributed by atoms with Gasteiger partial charge >= 0.3 is 5.97 Å². The Labute approximate surface area is 111 Å². The highest BCUT2D eigenvalue weighted by molar-refractivity contribution is 5.88. The number of rotatable bonds is 2. The van der Waals surface area contributed by atoms with Crippen molar-refractivity contribution in [3.63, 3.8) is 0 Å². The number of β-amino-alcohol motifs (C(OH)–C–C–N with tert-alkyl or cyclic N) is 1. The fourth-order valence-electron chi connectivity index (χ4n) is 3.67. The molecule has 1 unspecified atom stereocenters. The molecule has 3 fully saturated rings. The molecule has 1 saturated carbocycles. The summed E-state index contributed by atoms with van der Waals surface area (Å²) in [5.74, 6) is -1.10. The Bertz CT molecular complexity index is 405. The maximum absolute atomic E-state index is 12.5. The quantitative estimate of drug-likeness (QED) is 0.623. The lowest BCUT2D eigenvalue weighted by atomic mass is 9.91. The largest absolute Gasteiger partial charge is 0.480 e. The first kappa shape index (κ1) is 12.9. The van der Waals surface area contributed by atoms with E-state index < -0.39 is 18.1 Å². The number of carbonyl (C=O) groups is 2. The van der Waals surface area contributed by atoms with Crippen molar-refractivity contribution in [2.75, 3.05) is 19.6 Å². The van der Waals surface area contributed by atoms with E-state index in [2.05, 4.69) is 5.32 Å². The monoisotopic (exact) mass is 268 g/mol. The van der Waals surface area contributed by atoms with Crippen molar-refractivity contribution in [3.05, 3.63) is 0 Å². The van der Waals surface area contributed by atoms with E-state index in [0.29, 0.717) is 0 Å². The molecule has 1 aliphatic carbocycles. The van der Waals surface area contributed by atoms with Gasteiger partial charge in [-0.05, 0) is 37.8 Å². The number of nitrogens with one attached hydrogen (secondary N) is 1. The molecule has 2 aliphatic heterocycles. The Hall–Kier alpha value is -1.14. The summed E-state index contributed by atoms with van der Waals surface area (Å²) in [6.07, 6.45) is 2.33. The first-order chi connectivity index (χ1) is 9.03. The summed E-state index contributed by atoms with van der Waals surface area (Å²) in [6, 6.07) is -0.845. The number of carboxylic acid groups (broad SMARTS) is 1. The van der Waals surface area contributed by atoms with Gasteiger partial charge in [-0.25, -0.2) is 4.79 Å². The molecular formula is C13H20N2O4. The first-order valence-electron chi connectivity index (χ1n) is 6.95. The van der Waals surface area contributed by atoms with E-state index in [1.807, 2.05) is 0 Å². The maximum atomic E-state index is 12.5. The summed E-state index contributed by atoms with van der Waals surface area (Å²) in [6.45, 7) is 2.05. The van der Waals surface area contributed by atoms with E-state index >= 15 is 0 Å². The molecule has 0 aromatic carbocycles. The van der Waals surface area contributed by atoms with Gasteiger partial charge in [0.15, 0.2) is 0 Å². The minimum atomic E-state index is -1.01. The molecule has 0 radical (unpaired) electrons. The summed E-state index contributed by atoms with van der Waals surface area (Å²) in [4.78, 5) is 25.0. The Kier molecular flexibility index (Phi) is 3.02. The van der Waals surface area contributed by atoms with Gasteiger partial charge in [0.25, 0.3) is 0 Å². The third kappa shape index (κ3) is 2.12. The summed E-state index contributed by atoms with van der Waals surface area (Å²) >= 11 is 0. The van der Waals surface area contributed by atoms with Crippen LogP contribution in [0.4, 0.5) is 0 Å². The van der Waals surface area contributed by atoms with Gasteiger partial charge in [0.2, 0.25) is 5.91 Å². The van der Waals surface area contributed by atoms with E-state index in [9.17, 15) is 14.7 Å². The smallest absolute Gasteiger partial charge is 0.326 e. The van der Waals surface area contributed by atoms with Crippen LogP contribution in [0.2, 0.25) is 0 Å². The number of likely N-dealkylation sites (tertiary alicyclic amines) is 1. The average molecular weight is 268 g/mol. The molecule has 6 nitrogen and oxygen atoms in total. The van der Waals surface area contributed by atoms with E-state index in [-0.39, 0.29) is 30.2 Å². The second-order valence-corrected chi connectivity index (χ2v) is 6.10. The molecule has 2 saturated heterocycles. The van der Waals surface area contributed by atoms with Gasteiger partial charge < -0.3 is 20.4 Å². The second kappa shape index (κ2) is 4.45. The topological polar surface area (TPSA) is 89.9 Å². The lowest BCUT2D eigenvalue weighted by Gasteiger charge is -2.26. The zero-order valence-electron chi connectivity index (χ0n) is 10.8. The lowest BCUT2D eigenvalue weighted by Crippen LogP contribution is -2.43. The van der Waals surface area contributed by atoms with Gasteiger partial charge in [-0.3, -0.25) is 4.79 Å². The summed E-state index contributed by atoms with van der Waals surface area (Å²) in [7, 11) is 0. The van der Waals surface area contributed by atoms with Crippen molar-refractivity contribution in [1.29, 1.82) is 0 Å². The molecule has 3 N–H and O–H groups in total. The predicted octanol–water partition coefficient (Wildman–Crippen LogP) is -0.577. The van der Waals surface area contributed by atoms with Crippen molar-refractivity contribution in [1.82, 2.24) is 10.2 Å². The summed E-state index contributed by atoms with van der Waals surface area (Å²) in [5, 5.41) is 22.0. The summed E-state index contributed by atoms with van der Waals surface area (Å²) < 4.78 is 0. The Morgan fingerprint density at radius 2 is 1.95 bits per heavy atom. The molecule has 3 rings (SSSR count). The van der Waals surface area contributed by atoms with Gasteiger partial charge in [-0.1, -0.05) is 0 Å². The highest BCUT2D eigenvalue weighted by atomic mass is 16.4. The molecular weight excluding hydrogens is 248 g/mol. The van der Waals surface area contributed by atoms with Crippen LogP contribution in [0.3, 0.4) is 0 Å². The molecule has 1 spiro atoms. The molecule has 0 aromatic rings. The van der Waals surface area contributed by atoms with Crippen LogP contribution in [0.1, 0.15) is 25.7 Å². The molecule has 0 aromatic heterocycles. The fraction of sp³-hybridized carbons (Fsp3) is 0.846. The van der Waals surface area contributed by atoms with Crippen LogP contribution < -0.4 is 5.32 Å². The molecule has 6 heteroatoms. The molecule has 106 valence electrons. The maximum Gasteiger partial charge on any atom is 0.326 e. The van der Waals surface area contributed by atoms with E-state index in [4.69, 9.17) is 5.11 Å². The number of nitrogens with zero attached hydrogens (tertiary/aromatic N) is 1. The number of amides is 1. The number of aliphatic hydroxyl groups excluding tert-OH is 1. The van der Waals surface area contributed by atoms with Gasteiger partial charge in [0.05, 0.1) is 6.10 Å². The van der Waals surface area contributed by atoms with Crippen LogP contribution in [0.15, 0.2) is 0 Å². The number of carboxylic acids is 1. The molecule has 3 aliphatic rings. The Morgan fingerprint density at radius 1 is 1.26 bits per heavy atom. The normalized spacial score (nSPS) is 36.5. The van der Waals surface area contributed by atoms with Crippen LogP contribution in [-0.2, 0) is 9.59 Å². The minimum absolute atomic E-state index is 0.0262. The van der Waals surface area contributed by atoms with Crippen LogP contribution >= 0.6 is 0 Å².